The van der Waals surface area contributed by atoms with E-state index in [1.807, 2.05) is 23.1 Å². The lowest BCUT2D eigenvalue weighted by molar-refractivity contribution is -0.00546. The number of hydrogen-bond acceptors (Lipinski definition) is 5. The van der Waals surface area contributed by atoms with Gasteiger partial charge in [0.05, 0.1) is 21.3 Å². The summed E-state index contributed by atoms with van der Waals surface area (Å²) >= 11 is 12.7. The summed E-state index contributed by atoms with van der Waals surface area (Å²) < 4.78 is 0. The Labute approximate surface area is 190 Å². The van der Waals surface area contributed by atoms with Crippen LogP contribution in [0.3, 0.4) is 0 Å². The van der Waals surface area contributed by atoms with E-state index in [1.54, 1.807) is 42.6 Å². The number of nitrogens with one attached hydrogen (secondary N) is 2. The monoisotopic (exact) mass is 456 g/mol. The van der Waals surface area contributed by atoms with Crippen molar-refractivity contribution in [1.82, 2.24) is 15.2 Å². The van der Waals surface area contributed by atoms with Gasteiger partial charge in [0, 0.05) is 43.6 Å². The minimum Gasteiger partial charge on any atom is -0.374 e. The van der Waals surface area contributed by atoms with Gasteiger partial charge in [0.15, 0.2) is 0 Å². The van der Waals surface area contributed by atoms with Gasteiger partial charge in [0.1, 0.15) is 6.23 Å². The Morgan fingerprint density at radius 2 is 1.87 bits per heavy atom. The van der Waals surface area contributed by atoms with E-state index in [-0.39, 0.29) is 10.9 Å². The molecular formula is C23H22Cl2N4O2. The maximum absolute atomic E-state index is 12.8. The quantitative estimate of drug-likeness (QED) is 0.535. The highest BCUT2D eigenvalue weighted by Crippen LogP contribution is 2.30. The van der Waals surface area contributed by atoms with Crippen LogP contribution in [0, 0.1) is 0 Å². The molecule has 31 heavy (non-hydrogen) atoms. The van der Waals surface area contributed by atoms with Gasteiger partial charge in [0.25, 0.3) is 5.91 Å². The number of aliphatic hydroxyl groups is 1. The minimum absolute atomic E-state index is 0.281. The molecule has 160 valence electrons. The molecule has 4 rings (SSSR count). The number of nitrogens with zero attached hydrogens (tertiary/aromatic N) is 2. The number of aliphatic hydroxyl groups excluding tert-OH is 1. The number of halogens is 2. The summed E-state index contributed by atoms with van der Waals surface area (Å²) in [5.41, 5.74) is 3.00. The summed E-state index contributed by atoms with van der Waals surface area (Å²) in [4.78, 5) is 19.1. The third kappa shape index (κ3) is 5.06. The molecule has 0 bridgehead atoms. The number of pyridine rings is 1. The first kappa shape index (κ1) is 21.7. The lowest BCUT2D eigenvalue weighted by Crippen LogP contribution is -2.45. The van der Waals surface area contributed by atoms with Crippen molar-refractivity contribution in [3.05, 3.63) is 82.0 Å². The molecular weight excluding hydrogens is 435 g/mol. The molecule has 1 aliphatic heterocycles. The van der Waals surface area contributed by atoms with Gasteiger partial charge in [-0.2, -0.15) is 0 Å². The van der Waals surface area contributed by atoms with Crippen molar-refractivity contribution < 1.29 is 9.90 Å². The van der Waals surface area contributed by atoms with Crippen molar-refractivity contribution in [2.75, 3.05) is 31.5 Å². The molecule has 1 fully saturated rings. The molecule has 3 aromatic rings. The number of hydrogen-bond donors (Lipinski definition) is 3. The van der Waals surface area contributed by atoms with Crippen LogP contribution in [0.2, 0.25) is 10.0 Å². The molecule has 0 radical (unpaired) electrons. The fourth-order valence-corrected chi connectivity index (χ4v) is 4.02. The number of benzene rings is 2. The summed E-state index contributed by atoms with van der Waals surface area (Å²) in [6, 6.07) is 15.8. The van der Waals surface area contributed by atoms with Crippen LogP contribution in [0.15, 0.2) is 60.8 Å². The Kier molecular flexibility index (Phi) is 6.85. The van der Waals surface area contributed by atoms with Crippen LogP contribution in [0.25, 0.3) is 11.3 Å². The van der Waals surface area contributed by atoms with Crippen molar-refractivity contribution >= 4 is 34.8 Å². The molecule has 6 nitrogen and oxygen atoms in total. The zero-order valence-electron chi connectivity index (χ0n) is 16.7. The maximum Gasteiger partial charge on any atom is 0.257 e. The van der Waals surface area contributed by atoms with E-state index < -0.39 is 6.23 Å². The zero-order chi connectivity index (χ0) is 21.8. The van der Waals surface area contributed by atoms with Crippen molar-refractivity contribution in [1.29, 1.82) is 0 Å². The standard InChI is InChI=1S/C23H22Cl2N4O2/c24-19-7-5-16(14-18(19)21-3-1-2-8-27-21)28-22(30)17-6-4-15(13-20(17)25)23(31)29-11-9-26-10-12-29/h1-8,13-14,23,26,31H,9-12H2,(H,28,30). The van der Waals surface area contributed by atoms with Crippen LogP contribution in [0.1, 0.15) is 22.1 Å². The Balaban J connectivity index is 1.51. The molecule has 1 aromatic heterocycles. The molecule has 0 spiro atoms. The van der Waals surface area contributed by atoms with Gasteiger partial charge in [0.2, 0.25) is 0 Å². The highest BCUT2D eigenvalue weighted by molar-refractivity contribution is 6.35. The van der Waals surface area contributed by atoms with Crippen LogP contribution in [-0.4, -0.2) is 47.1 Å². The average Bonchev–Trinajstić information content (AvgIpc) is 2.80. The number of carbonyl (C=O) groups is 1. The van der Waals surface area contributed by atoms with E-state index in [2.05, 4.69) is 15.6 Å². The molecule has 1 aliphatic rings. The first-order valence-electron chi connectivity index (χ1n) is 9.97. The lowest BCUT2D eigenvalue weighted by Gasteiger charge is -2.31. The first-order valence-corrected chi connectivity index (χ1v) is 10.7. The van der Waals surface area contributed by atoms with Crippen molar-refractivity contribution in [3.8, 4) is 11.3 Å². The fraction of sp³-hybridized carbons (Fsp3) is 0.217. The second-order valence-corrected chi connectivity index (χ2v) is 8.08. The first-order chi connectivity index (χ1) is 15.0. The highest BCUT2D eigenvalue weighted by atomic mass is 35.5. The van der Waals surface area contributed by atoms with Gasteiger partial charge in [-0.3, -0.25) is 14.7 Å². The predicted octanol–water partition coefficient (Wildman–Crippen LogP) is 4.20. The van der Waals surface area contributed by atoms with Crippen LogP contribution in [0.4, 0.5) is 5.69 Å². The summed E-state index contributed by atoms with van der Waals surface area (Å²) in [5.74, 6) is -0.345. The largest absolute Gasteiger partial charge is 0.374 e. The zero-order valence-corrected chi connectivity index (χ0v) is 18.2. The SMILES string of the molecule is O=C(Nc1ccc(Cl)c(-c2ccccn2)c1)c1ccc(C(O)N2CCNCC2)cc1Cl. The van der Waals surface area contributed by atoms with E-state index in [1.165, 1.54) is 0 Å². The lowest BCUT2D eigenvalue weighted by atomic mass is 10.1. The second-order valence-electron chi connectivity index (χ2n) is 7.26. The van der Waals surface area contributed by atoms with Crippen LogP contribution in [-0.2, 0) is 0 Å². The van der Waals surface area contributed by atoms with E-state index in [0.717, 1.165) is 31.7 Å². The third-order valence-electron chi connectivity index (χ3n) is 5.20. The van der Waals surface area contributed by atoms with Gasteiger partial charge in [-0.25, -0.2) is 0 Å². The molecule has 1 amide bonds. The van der Waals surface area contributed by atoms with Crippen LogP contribution >= 0.6 is 23.2 Å². The fourth-order valence-electron chi connectivity index (χ4n) is 3.53. The van der Waals surface area contributed by atoms with Crippen LogP contribution < -0.4 is 10.6 Å². The number of carbonyl (C=O) groups excluding carboxylic acids is 1. The average molecular weight is 457 g/mol. The van der Waals surface area contributed by atoms with Gasteiger partial charge < -0.3 is 15.7 Å². The van der Waals surface area contributed by atoms with E-state index in [9.17, 15) is 9.90 Å². The molecule has 1 unspecified atom stereocenters. The number of aromatic nitrogens is 1. The van der Waals surface area contributed by atoms with Crippen molar-refractivity contribution in [3.63, 3.8) is 0 Å². The molecule has 3 N–H and O–H groups in total. The Morgan fingerprint density at radius 3 is 2.58 bits per heavy atom. The summed E-state index contributed by atoms with van der Waals surface area (Å²) in [6.45, 7) is 3.14. The molecule has 1 saturated heterocycles. The molecule has 8 heteroatoms. The Hall–Kier alpha value is -2.48. The predicted molar refractivity (Wildman–Crippen MR) is 123 cm³/mol. The van der Waals surface area contributed by atoms with E-state index in [0.29, 0.717) is 27.5 Å². The molecule has 0 aliphatic carbocycles. The molecule has 2 aromatic carbocycles. The minimum atomic E-state index is -0.756. The molecule has 2 heterocycles. The third-order valence-corrected chi connectivity index (χ3v) is 5.84. The summed E-state index contributed by atoms with van der Waals surface area (Å²) in [6.07, 6.45) is 0.932. The van der Waals surface area contributed by atoms with E-state index in [4.69, 9.17) is 23.2 Å². The highest BCUT2D eigenvalue weighted by Gasteiger charge is 2.21. The smallest absolute Gasteiger partial charge is 0.257 e. The van der Waals surface area contributed by atoms with Gasteiger partial charge in [-0.05, 0) is 48.0 Å². The second kappa shape index (κ2) is 9.77. The maximum atomic E-state index is 12.8. The Bertz CT molecular complexity index is 1070. The van der Waals surface area contributed by atoms with E-state index >= 15 is 0 Å². The molecule has 1 atom stereocenters. The number of anilines is 1. The van der Waals surface area contributed by atoms with Crippen LogP contribution in [0.5, 0.6) is 0 Å². The van der Waals surface area contributed by atoms with Crippen molar-refractivity contribution in [2.24, 2.45) is 0 Å². The van der Waals surface area contributed by atoms with Gasteiger partial charge >= 0.3 is 0 Å². The van der Waals surface area contributed by atoms with Gasteiger partial charge in [-0.15, -0.1) is 0 Å². The van der Waals surface area contributed by atoms with Crippen molar-refractivity contribution in [2.45, 2.75) is 6.23 Å². The summed E-state index contributed by atoms with van der Waals surface area (Å²) in [5, 5.41) is 17.6. The summed E-state index contributed by atoms with van der Waals surface area (Å²) in [7, 11) is 0. The molecule has 0 saturated carbocycles. The number of rotatable bonds is 5. The Morgan fingerprint density at radius 1 is 1.06 bits per heavy atom. The number of amides is 1. The topological polar surface area (TPSA) is 77.5 Å². The number of piperazine rings is 1. The van der Waals surface area contributed by atoms with Gasteiger partial charge in [-0.1, -0.05) is 35.3 Å². The normalized spacial score (nSPS) is 15.5.